The highest BCUT2D eigenvalue weighted by molar-refractivity contribution is 6.08. The Morgan fingerprint density at radius 1 is 0.842 bits per heavy atom. The van der Waals surface area contributed by atoms with E-state index in [0.717, 1.165) is 34.2 Å². The number of rotatable bonds is 3. The Hall–Kier alpha value is -4.40. The van der Waals surface area contributed by atoms with Crippen molar-refractivity contribution in [2.75, 3.05) is 31.5 Å². The van der Waals surface area contributed by atoms with Crippen LogP contribution in [0.3, 0.4) is 0 Å². The predicted octanol–water partition coefficient (Wildman–Crippen LogP) is 6.22. The van der Waals surface area contributed by atoms with Crippen LogP contribution in [0, 0.1) is 6.92 Å². The highest BCUT2D eigenvalue weighted by atomic mass is 19.4. The third-order valence-electron chi connectivity index (χ3n) is 6.66. The maximum Gasteiger partial charge on any atom is 0.416 e. The molecule has 0 radical (unpaired) electrons. The zero-order valence-corrected chi connectivity index (χ0v) is 20.6. The van der Waals surface area contributed by atoms with Crippen molar-refractivity contribution in [3.8, 4) is 11.3 Å². The van der Waals surface area contributed by atoms with Crippen molar-refractivity contribution in [1.29, 1.82) is 0 Å². The van der Waals surface area contributed by atoms with E-state index in [-0.39, 0.29) is 11.6 Å². The number of carbonyl (C=O) groups is 2. The number of hydrogen-bond donors (Lipinski definition) is 1. The Labute approximate surface area is 217 Å². The summed E-state index contributed by atoms with van der Waals surface area (Å²) in [5, 5.41) is 3.41. The first-order chi connectivity index (χ1) is 18.2. The average Bonchev–Trinajstić information content (AvgIpc) is 2.93. The van der Waals surface area contributed by atoms with Gasteiger partial charge in [-0.25, -0.2) is 9.78 Å². The van der Waals surface area contributed by atoms with Crippen LogP contribution in [-0.2, 0) is 6.18 Å². The van der Waals surface area contributed by atoms with Gasteiger partial charge < -0.3 is 15.1 Å². The van der Waals surface area contributed by atoms with Crippen molar-refractivity contribution >= 4 is 28.5 Å². The number of alkyl halides is 3. The maximum atomic E-state index is 13.7. The summed E-state index contributed by atoms with van der Waals surface area (Å²) in [6.45, 7) is 3.22. The number of nitrogens with one attached hydrogen (secondary N) is 1. The fraction of sp³-hybridized carbons (Fsp3) is 0.207. The number of piperazine rings is 1. The lowest BCUT2D eigenvalue weighted by Crippen LogP contribution is -2.51. The van der Waals surface area contributed by atoms with Gasteiger partial charge in [-0.2, -0.15) is 13.2 Å². The van der Waals surface area contributed by atoms with Crippen LogP contribution >= 0.6 is 0 Å². The van der Waals surface area contributed by atoms with Crippen molar-refractivity contribution in [2.45, 2.75) is 13.1 Å². The van der Waals surface area contributed by atoms with E-state index in [4.69, 9.17) is 4.98 Å². The molecule has 0 aliphatic carbocycles. The number of aryl methyl sites for hydroxylation is 1. The van der Waals surface area contributed by atoms with Crippen molar-refractivity contribution < 1.29 is 22.8 Å². The Balaban J connectivity index is 1.31. The van der Waals surface area contributed by atoms with Crippen LogP contribution in [0.5, 0.6) is 0 Å². The lowest BCUT2D eigenvalue weighted by atomic mass is 10.0. The smallest absolute Gasteiger partial charge is 0.335 e. The van der Waals surface area contributed by atoms with E-state index in [1.807, 2.05) is 61.5 Å². The SMILES string of the molecule is Cc1cccc2c(C(=O)N3CCN(C(=O)Nc4ccc(C(F)(F)F)cc4)CC3)cc(-c3ccccc3)nc12. The van der Waals surface area contributed by atoms with Gasteiger partial charge in [0.15, 0.2) is 0 Å². The molecule has 6 nitrogen and oxygen atoms in total. The maximum absolute atomic E-state index is 13.7. The van der Waals surface area contributed by atoms with E-state index in [0.29, 0.717) is 37.4 Å². The summed E-state index contributed by atoms with van der Waals surface area (Å²) < 4.78 is 38.3. The van der Waals surface area contributed by atoms with Crippen molar-refractivity contribution in [3.05, 3.63) is 95.6 Å². The number of halogens is 3. The molecule has 38 heavy (non-hydrogen) atoms. The Kier molecular flexibility index (Phi) is 6.75. The number of benzene rings is 3. The summed E-state index contributed by atoms with van der Waals surface area (Å²) in [5.41, 5.74) is 3.42. The molecule has 0 atom stereocenters. The number of pyridine rings is 1. The molecule has 2 heterocycles. The van der Waals surface area contributed by atoms with Gasteiger partial charge in [0.25, 0.3) is 5.91 Å². The molecule has 0 saturated carbocycles. The third-order valence-corrected chi connectivity index (χ3v) is 6.66. The first-order valence-electron chi connectivity index (χ1n) is 12.2. The molecule has 0 spiro atoms. The van der Waals surface area contributed by atoms with Gasteiger partial charge in [0.05, 0.1) is 22.3 Å². The summed E-state index contributed by atoms with van der Waals surface area (Å²) in [6, 6.07) is 21.1. The minimum atomic E-state index is -4.44. The molecule has 1 aliphatic rings. The van der Waals surface area contributed by atoms with Crippen molar-refractivity contribution in [2.24, 2.45) is 0 Å². The van der Waals surface area contributed by atoms with Crippen LogP contribution in [0.4, 0.5) is 23.7 Å². The summed E-state index contributed by atoms with van der Waals surface area (Å²) >= 11 is 0. The number of aromatic nitrogens is 1. The van der Waals surface area contributed by atoms with Crippen LogP contribution in [-0.4, -0.2) is 52.9 Å². The van der Waals surface area contributed by atoms with E-state index in [1.54, 1.807) is 9.80 Å². The van der Waals surface area contributed by atoms with Crippen LogP contribution in [0.25, 0.3) is 22.2 Å². The fourth-order valence-electron chi connectivity index (χ4n) is 4.55. The minimum absolute atomic E-state index is 0.136. The molecule has 1 N–H and O–H groups in total. The van der Waals surface area contributed by atoms with Gasteiger partial charge in [0.2, 0.25) is 0 Å². The zero-order chi connectivity index (χ0) is 26.9. The van der Waals surface area contributed by atoms with Gasteiger partial charge in [-0.1, -0.05) is 48.5 Å². The molecule has 3 aromatic carbocycles. The van der Waals surface area contributed by atoms with Gasteiger partial charge >= 0.3 is 12.2 Å². The largest absolute Gasteiger partial charge is 0.416 e. The number of para-hydroxylation sites is 1. The number of urea groups is 1. The monoisotopic (exact) mass is 518 g/mol. The molecule has 5 rings (SSSR count). The molecular weight excluding hydrogens is 493 g/mol. The van der Waals surface area contributed by atoms with E-state index in [9.17, 15) is 22.8 Å². The number of hydrogen-bond acceptors (Lipinski definition) is 3. The topological polar surface area (TPSA) is 65.5 Å². The summed E-state index contributed by atoms with van der Waals surface area (Å²) in [7, 11) is 0. The van der Waals surface area contributed by atoms with E-state index < -0.39 is 17.8 Å². The standard InChI is InChI=1S/C29H25F3N4O2/c1-19-6-5-9-23-24(18-25(34-26(19)23)20-7-3-2-4-8-20)27(37)35-14-16-36(17-15-35)28(38)33-22-12-10-21(11-13-22)29(30,31)32/h2-13,18H,14-17H2,1H3,(H,33,38). The number of carbonyl (C=O) groups excluding carboxylic acids is 2. The summed E-state index contributed by atoms with van der Waals surface area (Å²) in [6.07, 6.45) is -4.44. The third kappa shape index (κ3) is 5.18. The minimum Gasteiger partial charge on any atom is -0.335 e. The first-order valence-corrected chi connectivity index (χ1v) is 12.2. The van der Waals surface area contributed by atoms with Gasteiger partial charge in [-0.05, 0) is 42.8 Å². The van der Waals surface area contributed by atoms with Gasteiger partial charge in [0.1, 0.15) is 0 Å². The Bertz CT molecular complexity index is 1480. The highest BCUT2D eigenvalue weighted by Crippen LogP contribution is 2.30. The second-order valence-electron chi connectivity index (χ2n) is 9.18. The van der Waals surface area contributed by atoms with E-state index >= 15 is 0 Å². The lowest BCUT2D eigenvalue weighted by Gasteiger charge is -2.35. The van der Waals surface area contributed by atoms with Crippen LogP contribution < -0.4 is 5.32 Å². The number of amides is 3. The number of nitrogens with zero attached hydrogens (tertiary/aromatic N) is 3. The Morgan fingerprint density at radius 2 is 1.50 bits per heavy atom. The lowest BCUT2D eigenvalue weighted by molar-refractivity contribution is -0.137. The normalized spacial score (nSPS) is 14.0. The first kappa shape index (κ1) is 25.3. The molecule has 9 heteroatoms. The van der Waals surface area contributed by atoms with E-state index in [1.165, 1.54) is 12.1 Å². The second kappa shape index (κ2) is 10.2. The molecule has 1 aliphatic heterocycles. The number of fused-ring (bicyclic) bond motifs is 1. The van der Waals surface area contributed by atoms with Gasteiger partial charge in [0, 0.05) is 42.8 Å². The molecule has 0 unspecified atom stereocenters. The molecule has 194 valence electrons. The van der Waals surface area contributed by atoms with E-state index in [2.05, 4.69) is 5.32 Å². The average molecular weight is 519 g/mol. The second-order valence-corrected chi connectivity index (χ2v) is 9.18. The molecular formula is C29H25F3N4O2. The molecule has 1 aromatic heterocycles. The van der Waals surface area contributed by atoms with Crippen LogP contribution in [0.1, 0.15) is 21.5 Å². The molecule has 3 amide bonds. The molecule has 0 bridgehead atoms. The van der Waals surface area contributed by atoms with Crippen molar-refractivity contribution in [3.63, 3.8) is 0 Å². The predicted molar refractivity (Wildman–Crippen MR) is 140 cm³/mol. The van der Waals surface area contributed by atoms with Crippen LogP contribution in [0.15, 0.2) is 78.9 Å². The summed E-state index contributed by atoms with van der Waals surface area (Å²) in [5.74, 6) is -0.136. The fourth-order valence-corrected chi connectivity index (χ4v) is 4.55. The van der Waals surface area contributed by atoms with Crippen molar-refractivity contribution in [1.82, 2.24) is 14.8 Å². The van der Waals surface area contributed by atoms with Crippen LogP contribution in [0.2, 0.25) is 0 Å². The Morgan fingerprint density at radius 3 is 2.16 bits per heavy atom. The van der Waals surface area contributed by atoms with Gasteiger partial charge in [-0.3, -0.25) is 4.79 Å². The van der Waals surface area contributed by atoms with Gasteiger partial charge in [-0.15, -0.1) is 0 Å². The zero-order valence-electron chi connectivity index (χ0n) is 20.6. The molecule has 1 saturated heterocycles. The number of anilines is 1. The summed E-state index contributed by atoms with van der Waals surface area (Å²) in [4.78, 5) is 34.5. The molecule has 1 fully saturated rings. The highest BCUT2D eigenvalue weighted by Gasteiger charge is 2.30. The quantitative estimate of drug-likeness (QED) is 0.350. The molecule has 4 aromatic rings.